The van der Waals surface area contributed by atoms with Gasteiger partial charge in [-0.2, -0.15) is 0 Å². The summed E-state index contributed by atoms with van der Waals surface area (Å²) >= 11 is 8.14. The van der Waals surface area contributed by atoms with Crippen molar-refractivity contribution < 1.29 is 0 Å². The molecule has 2 rings (SSSR count). The lowest BCUT2D eigenvalue weighted by Gasteiger charge is -2.18. The number of rotatable bonds is 1. The monoisotopic (exact) mass is 379 g/mol. The fourth-order valence-electron chi connectivity index (χ4n) is 1.94. The highest BCUT2D eigenvalue weighted by atomic mass is 127. The zero-order chi connectivity index (χ0) is 13.7. The third-order valence-corrected chi connectivity index (χ3v) is 3.65. The van der Waals surface area contributed by atoms with Gasteiger partial charge in [-0.3, -0.25) is 9.13 Å². The maximum atomic E-state index is 12.3. The fourth-order valence-corrected chi connectivity index (χ4v) is 3.14. The van der Waals surface area contributed by atoms with Gasteiger partial charge in [0.1, 0.15) is 10.7 Å². The molecule has 0 saturated heterocycles. The van der Waals surface area contributed by atoms with Crippen molar-refractivity contribution >= 4 is 45.4 Å². The minimum Gasteiger partial charge on any atom is -0.289 e. The van der Waals surface area contributed by atoms with E-state index in [4.69, 9.17) is 11.6 Å². The molecule has 2 aromatic rings. The Bertz CT molecular complexity index is 666. The van der Waals surface area contributed by atoms with Crippen LogP contribution in [0, 0.1) is 8.99 Å². The fraction of sp³-hybridized carbons (Fsp3) is 0.500. The molecule has 2 aromatic heterocycles. The lowest BCUT2D eigenvalue weighted by atomic mass is 9.97. The summed E-state index contributed by atoms with van der Waals surface area (Å²) in [6.45, 7) is 6.97. The van der Waals surface area contributed by atoms with Gasteiger partial charge in [0.05, 0.1) is 0 Å². The Balaban J connectivity index is 2.82. The first-order valence-electron chi connectivity index (χ1n) is 5.62. The van der Waals surface area contributed by atoms with Crippen molar-refractivity contribution in [3.05, 3.63) is 25.3 Å². The van der Waals surface area contributed by atoms with Crippen LogP contribution in [0.5, 0.6) is 0 Å². The Morgan fingerprint density at radius 3 is 2.61 bits per heavy atom. The average Bonchev–Trinajstić information content (AvgIpc) is 2.42. The van der Waals surface area contributed by atoms with E-state index in [1.807, 2.05) is 0 Å². The van der Waals surface area contributed by atoms with E-state index in [9.17, 15) is 4.79 Å². The highest BCUT2D eigenvalue weighted by molar-refractivity contribution is 14.1. The molecule has 0 saturated carbocycles. The summed E-state index contributed by atoms with van der Waals surface area (Å²) in [5.74, 6) is 0. The molecule has 4 nitrogen and oxygen atoms in total. The van der Waals surface area contributed by atoms with E-state index < -0.39 is 0 Å². The molecular formula is C12H15ClIN3O. The number of hydrogen-bond acceptors (Lipinski definition) is 2. The lowest BCUT2D eigenvalue weighted by Crippen LogP contribution is -2.27. The Morgan fingerprint density at radius 1 is 1.44 bits per heavy atom. The molecule has 0 aliphatic rings. The molecule has 0 spiro atoms. The smallest absolute Gasteiger partial charge is 0.289 e. The summed E-state index contributed by atoms with van der Waals surface area (Å²) in [5.41, 5.74) is 1.48. The number of imidazole rings is 1. The number of aryl methyl sites for hydroxylation is 1. The number of nitrogens with zero attached hydrogens (tertiary/aromatic N) is 3. The van der Waals surface area contributed by atoms with E-state index in [0.717, 1.165) is 9.09 Å². The van der Waals surface area contributed by atoms with Gasteiger partial charge in [-0.05, 0) is 34.1 Å². The van der Waals surface area contributed by atoms with E-state index in [1.165, 1.54) is 0 Å². The molecule has 0 amide bonds. The van der Waals surface area contributed by atoms with E-state index in [0.29, 0.717) is 17.3 Å². The van der Waals surface area contributed by atoms with Crippen LogP contribution in [-0.2, 0) is 13.6 Å². The number of hydrogen-bond donors (Lipinski definition) is 0. The van der Waals surface area contributed by atoms with Gasteiger partial charge in [0.15, 0.2) is 5.65 Å². The van der Waals surface area contributed by atoms with Crippen molar-refractivity contribution in [2.24, 2.45) is 12.5 Å². The number of halogens is 2. The second-order valence-electron chi connectivity index (χ2n) is 5.59. The normalized spacial score (nSPS) is 12.3. The van der Waals surface area contributed by atoms with Crippen molar-refractivity contribution in [1.29, 1.82) is 0 Å². The van der Waals surface area contributed by atoms with Crippen LogP contribution in [0.2, 0.25) is 5.15 Å². The van der Waals surface area contributed by atoms with Crippen LogP contribution >= 0.6 is 34.2 Å². The van der Waals surface area contributed by atoms with Crippen LogP contribution in [-0.4, -0.2) is 14.1 Å². The highest BCUT2D eigenvalue weighted by Crippen LogP contribution is 2.24. The van der Waals surface area contributed by atoms with Crippen LogP contribution in [0.15, 0.2) is 10.9 Å². The lowest BCUT2D eigenvalue weighted by molar-refractivity contribution is 0.342. The van der Waals surface area contributed by atoms with Crippen LogP contribution in [0.1, 0.15) is 20.8 Å². The maximum absolute atomic E-state index is 12.3. The number of aromatic nitrogens is 3. The second-order valence-corrected chi connectivity index (χ2v) is 7.14. The first kappa shape index (κ1) is 13.9. The quantitative estimate of drug-likeness (QED) is 0.564. The SMILES string of the molecule is Cn1c(=O)n(CC(C)(C)C)c2c(I)cc(Cl)nc21. The predicted octanol–water partition coefficient (Wildman–Crippen LogP) is 3.04. The molecule has 98 valence electrons. The van der Waals surface area contributed by atoms with E-state index in [-0.39, 0.29) is 11.1 Å². The molecule has 0 N–H and O–H groups in total. The summed E-state index contributed by atoms with van der Waals surface area (Å²) < 4.78 is 4.28. The number of fused-ring (bicyclic) bond motifs is 1. The molecule has 0 bridgehead atoms. The van der Waals surface area contributed by atoms with Gasteiger partial charge in [0.25, 0.3) is 0 Å². The molecule has 0 aliphatic heterocycles. The van der Waals surface area contributed by atoms with E-state index in [1.54, 1.807) is 22.2 Å². The molecule has 0 aliphatic carbocycles. The van der Waals surface area contributed by atoms with Crippen molar-refractivity contribution in [3.8, 4) is 0 Å². The maximum Gasteiger partial charge on any atom is 0.330 e. The van der Waals surface area contributed by atoms with Crippen molar-refractivity contribution in [1.82, 2.24) is 14.1 Å². The molecule has 2 heterocycles. The predicted molar refractivity (Wildman–Crippen MR) is 82.2 cm³/mol. The van der Waals surface area contributed by atoms with Crippen molar-refractivity contribution in [3.63, 3.8) is 0 Å². The first-order chi connectivity index (χ1) is 8.20. The van der Waals surface area contributed by atoms with E-state index >= 15 is 0 Å². The van der Waals surface area contributed by atoms with Crippen LogP contribution in [0.4, 0.5) is 0 Å². The zero-order valence-corrected chi connectivity index (χ0v) is 13.7. The van der Waals surface area contributed by atoms with Crippen LogP contribution in [0.3, 0.4) is 0 Å². The summed E-state index contributed by atoms with van der Waals surface area (Å²) in [6, 6.07) is 1.78. The molecular weight excluding hydrogens is 365 g/mol. The number of pyridine rings is 1. The van der Waals surface area contributed by atoms with Gasteiger partial charge in [-0.25, -0.2) is 9.78 Å². The van der Waals surface area contributed by atoms with Crippen LogP contribution < -0.4 is 5.69 Å². The van der Waals surface area contributed by atoms with Crippen molar-refractivity contribution in [2.45, 2.75) is 27.3 Å². The van der Waals surface area contributed by atoms with Crippen molar-refractivity contribution in [2.75, 3.05) is 0 Å². The minimum absolute atomic E-state index is 0.0286. The van der Waals surface area contributed by atoms with Crippen LogP contribution in [0.25, 0.3) is 11.2 Å². The second kappa shape index (κ2) is 4.52. The molecule has 6 heteroatoms. The first-order valence-corrected chi connectivity index (χ1v) is 7.07. The van der Waals surface area contributed by atoms with Gasteiger partial charge in [-0.15, -0.1) is 0 Å². The molecule has 0 unspecified atom stereocenters. The highest BCUT2D eigenvalue weighted by Gasteiger charge is 2.20. The average molecular weight is 380 g/mol. The summed E-state index contributed by atoms with van der Waals surface area (Å²) in [6.07, 6.45) is 0. The third kappa shape index (κ3) is 2.42. The summed E-state index contributed by atoms with van der Waals surface area (Å²) in [4.78, 5) is 16.5. The topological polar surface area (TPSA) is 39.8 Å². The van der Waals surface area contributed by atoms with Gasteiger partial charge in [0, 0.05) is 17.2 Å². The van der Waals surface area contributed by atoms with Gasteiger partial charge in [-0.1, -0.05) is 32.4 Å². The summed E-state index contributed by atoms with van der Waals surface area (Å²) in [5, 5.41) is 0.412. The summed E-state index contributed by atoms with van der Waals surface area (Å²) in [7, 11) is 1.73. The minimum atomic E-state index is -0.0485. The van der Waals surface area contributed by atoms with Gasteiger partial charge in [0.2, 0.25) is 0 Å². The molecule has 0 radical (unpaired) electrons. The molecule has 0 aromatic carbocycles. The van der Waals surface area contributed by atoms with Gasteiger partial charge >= 0.3 is 5.69 Å². The molecule has 0 atom stereocenters. The Labute approximate surface area is 124 Å². The van der Waals surface area contributed by atoms with E-state index in [2.05, 4.69) is 48.3 Å². The Hall–Kier alpha value is -0.560. The largest absolute Gasteiger partial charge is 0.330 e. The molecule has 0 fully saturated rings. The Kier molecular flexibility index (Phi) is 3.48. The van der Waals surface area contributed by atoms with Gasteiger partial charge < -0.3 is 0 Å². The standard InChI is InChI=1S/C12H15ClIN3O/c1-12(2,3)6-17-9-7(14)5-8(13)15-10(9)16(4)11(17)18/h5H,6H2,1-4H3. The third-order valence-electron chi connectivity index (χ3n) is 2.63. The zero-order valence-electron chi connectivity index (χ0n) is 10.8. The Morgan fingerprint density at radius 2 is 2.06 bits per heavy atom. The molecule has 18 heavy (non-hydrogen) atoms.